The van der Waals surface area contributed by atoms with E-state index in [0.29, 0.717) is 11.5 Å². The molecule has 0 fully saturated rings. The molecule has 0 spiro atoms. The van der Waals surface area contributed by atoms with Gasteiger partial charge >= 0.3 is 0 Å². The molecule has 0 aromatic heterocycles. The molecule has 8 heteroatoms. The number of methoxy groups -OCH3 is 2. The summed E-state index contributed by atoms with van der Waals surface area (Å²) in [5.41, 5.74) is 9.55. The van der Waals surface area contributed by atoms with Gasteiger partial charge in [-0.25, -0.2) is 5.43 Å². The van der Waals surface area contributed by atoms with Crippen molar-refractivity contribution in [2.45, 2.75) is 36.0 Å². The Kier molecular flexibility index (Phi) is 8.96. The van der Waals surface area contributed by atoms with Crippen LogP contribution in [0.25, 0.3) is 0 Å². The molecule has 4 aromatic carbocycles. The van der Waals surface area contributed by atoms with Crippen molar-refractivity contribution in [3.63, 3.8) is 0 Å². The zero-order valence-electron chi connectivity index (χ0n) is 24.8. The molecule has 4 aromatic rings. The number of anilines is 1. The van der Waals surface area contributed by atoms with Crippen molar-refractivity contribution < 1.29 is 14.3 Å². The SMILES string of the molecule is COc1cccc([C@@H]2Nc3ccc(/C(C)=N\NC(=O)c4ccc(CSc5ccc(Cl)cc5)cc4)cc3[C@@H]3C=CC[C@@H]32)c1OC. The summed E-state index contributed by atoms with van der Waals surface area (Å²) in [4.78, 5) is 14.0. The lowest BCUT2D eigenvalue weighted by atomic mass is 9.76. The molecule has 224 valence electrons. The van der Waals surface area contributed by atoms with Crippen LogP contribution in [0.5, 0.6) is 11.5 Å². The van der Waals surface area contributed by atoms with E-state index in [0.717, 1.165) is 61.7 Å². The molecule has 6 rings (SSSR count). The van der Waals surface area contributed by atoms with Crippen molar-refractivity contribution in [2.75, 3.05) is 19.5 Å². The number of nitrogens with one attached hydrogen (secondary N) is 2. The van der Waals surface area contributed by atoms with E-state index in [1.165, 1.54) is 5.56 Å². The topological polar surface area (TPSA) is 72.0 Å². The molecule has 1 amide bonds. The monoisotopic (exact) mass is 623 g/mol. The summed E-state index contributed by atoms with van der Waals surface area (Å²) in [7, 11) is 3.35. The summed E-state index contributed by atoms with van der Waals surface area (Å²) in [5.74, 6) is 2.65. The lowest BCUT2D eigenvalue weighted by molar-refractivity contribution is 0.0955. The first kappa shape index (κ1) is 29.9. The van der Waals surface area contributed by atoms with Gasteiger partial charge in [0.25, 0.3) is 5.91 Å². The summed E-state index contributed by atoms with van der Waals surface area (Å²) in [5, 5.41) is 8.96. The van der Waals surface area contributed by atoms with Crippen LogP contribution >= 0.6 is 23.4 Å². The minimum atomic E-state index is -0.241. The van der Waals surface area contributed by atoms with Gasteiger partial charge in [-0.05, 0) is 90.6 Å². The van der Waals surface area contributed by atoms with E-state index in [1.807, 2.05) is 73.7 Å². The van der Waals surface area contributed by atoms with E-state index in [1.54, 1.807) is 26.0 Å². The maximum Gasteiger partial charge on any atom is 0.271 e. The highest BCUT2D eigenvalue weighted by Gasteiger charge is 2.39. The van der Waals surface area contributed by atoms with E-state index in [9.17, 15) is 4.79 Å². The number of carbonyl (C=O) groups is 1. The molecule has 1 aliphatic carbocycles. The lowest BCUT2D eigenvalue weighted by Gasteiger charge is -2.38. The minimum absolute atomic E-state index is 0.0786. The molecule has 0 unspecified atom stereocenters. The van der Waals surface area contributed by atoms with Crippen LogP contribution in [-0.4, -0.2) is 25.8 Å². The van der Waals surface area contributed by atoms with Gasteiger partial charge in [-0.1, -0.05) is 54.1 Å². The number of ether oxygens (including phenoxy) is 2. The summed E-state index contributed by atoms with van der Waals surface area (Å²) >= 11 is 7.70. The van der Waals surface area contributed by atoms with Gasteiger partial charge < -0.3 is 14.8 Å². The zero-order valence-corrected chi connectivity index (χ0v) is 26.4. The fraction of sp³-hybridized carbons (Fsp3) is 0.222. The Bertz CT molecular complexity index is 1720. The van der Waals surface area contributed by atoms with Crippen LogP contribution in [0.15, 0.2) is 107 Å². The average molecular weight is 624 g/mol. The quantitative estimate of drug-likeness (QED) is 0.0845. The van der Waals surface area contributed by atoms with Crippen molar-refractivity contribution >= 4 is 40.7 Å². The summed E-state index contributed by atoms with van der Waals surface area (Å²) in [6.45, 7) is 1.92. The molecule has 6 nitrogen and oxygen atoms in total. The van der Waals surface area contributed by atoms with Crippen LogP contribution in [0, 0.1) is 5.92 Å². The Morgan fingerprint density at radius 1 is 0.977 bits per heavy atom. The van der Waals surface area contributed by atoms with E-state index in [4.69, 9.17) is 21.1 Å². The molecule has 0 saturated heterocycles. The van der Waals surface area contributed by atoms with Crippen molar-refractivity contribution in [3.8, 4) is 11.5 Å². The number of nitrogens with zero attached hydrogens (tertiary/aromatic N) is 1. The van der Waals surface area contributed by atoms with Gasteiger partial charge in [-0.3, -0.25) is 4.79 Å². The van der Waals surface area contributed by atoms with E-state index in [2.05, 4.69) is 46.2 Å². The molecule has 1 heterocycles. The van der Waals surface area contributed by atoms with Gasteiger partial charge in [-0.15, -0.1) is 11.8 Å². The first-order valence-electron chi connectivity index (χ1n) is 14.6. The summed E-state index contributed by atoms with van der Waals surface area (Å²) < 4.78 is 11.4. The van der Waals surface area contributed by atoms with Crippen LogP contribution in [0.2, 0.25) is 5.02 Å². The number of allylic oxidation sites excluding steroid dienone is 2. The number of thioether (sulfide) groups is 1. The fourth-order valence-corrected chi connectivity index (χ4v) is 6.98. The van der Waals surface area contributed by atoms with E-state index < -0.39 is 0 Å². The molecular weight excluding hydrogens is 590 g/mol. The van der Waals surface area contributed by atoms with Gasteiger partial charge in [0, 0.05) is 38.4 Å². The first-order chi connectivity index (χ1) is 21.4. The third kappa shape index (κ3) is 6.21. The van der Waals surface area contributed by atoms with Gasteiger partial charge in [0.1, 0.15) is 0 Å². The van der Waals surface area contributed by atoms with Crippen molar-refractivity contribution in [2.24, 2.45) is 11.0 Å². The number of para-hydroxylation sites is 1. The Morgan fingerprint density at radius 3 is 2.50 bits per heavy atom. The largest absolute Gasteiger partial charge is 0.493 e. The Labute approximate surface area is 267 Å². The number of benzene rings is 4. The van der Waals surface area contributed by atoms with Crippen LogP contribution in [0.1, 0.15) is 57.9 Å². The number of carbonyl (C=O) groups excluding carboxylic acids is 1. The maximum atomic E-state index is 12.9. The van der Waals surface area contributed by atoms with E-state index >= 15 is 0 Å². The van der Waals surface area contributed by atoms with Crippen LogP contribution < -0.4 is 20.2 Å². The smallest absolute Gasteiger partial charge is 0.271 e. The predicted octanol–water partition coefficient (Wildman–Crippen LogP) is 8.63. The summed E-state index contributed by atoms with van der Waals surface area (Å²) in [6.07, 6.45) is 5.54. The molecule has 0 saturated carbocycles. The van der Waals surface area contributed by atoms with Crippen molar-refractivity contribution in [3.05, 3.63) is 130 Å². The standard InChI is InChI=1S/C36H34ClN3O3S/c1-22(39-40-36(41)24-12-10-23(11-13-24)21-44-27-17-15-26(37)16-18-27)25-14-19-32-31(20-25)28-6-4-7-29(28)34(38-32)30-8-5-9-33(42-2)35(30)43-3/h4-6,8-20,28-29,34,38H,7,21H2,1-3H3,(H,40,41)/b39-22-/t28-,29+,34-/m1/s1. The van der Waals surface area contributed by atoms with Gasteiger partial charge in [0.2, 0.25) is 0 Å². The number of rotatable bonds is 9. The lowest BCUT2D eigenvalue weighted by Crippen LogP contribution is -2.29. The molecule has 2 N–H and O–H groups in total. The highest BCUT2D eigenvalue weighted by atomic mass is 35.5. The second-order valence-corrected chi connectivity index (χ2v) is 12.4. The molecule has 1 aliphatic heterocycles. The summed E-state index contributed by atoms with van der Waals surface area (Å²) in [6, 6.07) is 27.9. The molecule has 44 heavy (non-hydrogen) atoms. The Balaban J connectivity index is 1.14. The highest BCUT2D eigenvalue weighted by molar-refractivity contribution is 7.98. The second-order valence-electron chi connectivity index (χ2n) is 10.9. The van der Waals surface area contributed by atoms with Crippen LogP contribution in [0.3, 0.4) is 0 Å². The number of hydrogen-bond donors (Lipinski definition) is 2. The van der Waals surface area contributed by atoms with Gasteiger partial charge in [-0.2, -0.15) is 5.10 Å². The maximum absolute atomic E-state index is 12.9. The third-order valence-corrected chi connectivity index (χ3v) is 9.64. The Hall–Kier alpha value is -4.20. The van der Waals surface area contributed by atoms with Gasteiger partial charge in [0.15, 0.2) is 11.5 Å². The molecular formula is C36H34ClN3O3S. The number of amides is 1. The zero-order chi connectivity index (χ0) is 30.6. The Morgan fingerprint density at radius 2 is 1.75 bits per heavy atom. The number of halogens is 1. The molecule has 3 atom stereocenters. The predicted molar refractivity (Wildman–Crippen MR) is 179 cm³/mol. The van der Waals surface area contributed by atoms with Gasteiger partial charge in [0.05, 0.1) is 26.0 Å². The van der Waals surface area contributed by atoms with E-state index in [-0.39, 0.29) is 17.9 Å². The fourth-order valence-electron chi connectivity index (χ4n) is 6.00. The van der Waals surface area contributed by atoms with Crippen LogP contribution in [-0.2, 0) is 5.75 Å². The number of hydrogen-bond acceptors (Lipinski definition) is 6. The molecule has 0 bridgehead atoms. The molecule has 2 aliphatic rings. The first-order valence-corrected chi connectivity index (χ1v) is 15.9. The number of fused-ring (bicyclic) bond motifs is 3. The average Bonchev–Trinajstić information content (AvgIpc) is 3.56. The minimum Gasteiger partial charge on any atom is -0.493 e. The van der Waals surface area contributed by atoms with Crippen molar-refractivity contribution in [1.82, 2.24) is 5.43 Å². The highest BCUT2D eigenvalue weighted by Crippen LogP contribution is 2.52. The third-order valence-electron chi connectivity index (χ3n) is 8.31. The number of hydrazone groups is 1. The molecule has 0 radical (unpaired) electrons. The van der Waals surface area contributed by atoms with Crippen molar-refractivity contribution in [1.29, 1.82) is 0 Å². The van der Waals surface area contributed by atoms with Crippen LogP contribution in [0.4, 0.5) is 5.69 Å². The second kappa shape index (κ2) is 13.2. The normalized spacial score (nSPS) is 18.6.